The van der Waals surface area contributed by atoms with Crippen LogP contribution in [0.15, 0.2) is 10.7 Å². The van der Waals surface area contributed by atoms with Gasteiger partial charge >= 0.3 is 0 Å². The summed E-state index contributed by atoms with van der Waals surface area (Å²) in [6.07, 6.45) is 1.52. The van der Waals surface area contributed by atoms with Crippen molar-refractivity contribution in [1.29, 1.82) is 0 Å². The predicted octanol–water partition coefficient (Wildman–Crippen LogP) is 1.44. The number of anilines is 1. The van der Waals surface area contributed by atoms with Gasteiger partial charge in [0.2, 0.25) is 11.2 Å². The Hall–Kier alpha value is -0.880. The minimum atomic E-state index is -0.391. The molecule has 1 aromatic heterocycles. The molecular weight excluding hydrogens is 283 g/mol. The smallest absolute Gasteiger partial charge is 0.241 e. The Kier molecular flexibility index (Phi) is 4.28. The third kappa shape index (κ3) is 3.32. The van der Waals surface area contributed by atoms with Gasteiger partial charge in [0.25, 0.3) is 0 Å². The van der Waals surface area contributed by atoms with Crippen molar-refractivity contribution in [3.05, 3.63) is 16.0 Å². The Labute approximate surface area is 101 Å². The van der Waals surface area contributed by atoms with Crippen LogP contribution in [0.1, 0.15) is 6.92 Å². The predicted molar refractivity (Wildman–Crippen MR) is 61.9 cm³/mol. The molecule has 1 rings (SSSR count). The zero-order valence-electron chi connectivity index (χ0n) is 8.21. The first-order valence-electron chi connectivity index (χ1n) is 4.20. The maximum absolute atomic E-state index is 11.2. The standard InChI is InChI=1S/C8H10BrClN4O/c1-4(7(15)11-2)13-6-5(9)3-12-8(10)14-6/h3-4H,1-2H3,(H,11,15)(H,12,13,14). The summed E-state index contributed by atoms with van der Waals surface area (Å²) in [6.45, 7) is 1.72. The zero-order valence-corrected chi connectivity index (χ0v) is 10.6. The zero-order chi connectivity index (χ0) is 11.4. The van der Waals surface area contributed by atoms with Crippen LogP contribution < -0.4 is 10.6 Å². The Bertz CT molecular complexity index is 374. The number of likely N-dealkylation sites (N-methyl/N-ethyl adjacent to an activating group) is 1. The van der Waals surface area contributed by atoms with Crippen molar-refractivity contribution in [3.63, 3.8) is 0 Å². The van der Waals surface area contributed by atoms with Crippen molar-refractivity contribution < 1.29 is 4.79 Å². The Morgan fingerprint density at radius 2 is 2.33 bits per heavy atom. The van der Waals surface area contributed by atoms with Gasteiger partial charge in [0.05, 0.1) is 4.47 Å². The van der Waals surface area contributed by atoms with Crippen LogP contribution in [0.5, 0.6) is 0 Å². The van der Waals surface area contributed by atoms with Gasteiger partial charge < -0.3 is 10.6 Å². The Morgan fingerprint density at radius 3 is 2.93 bits per heavy atom. The van der Waals surface area contributed by atoms with E-state index in [-0.39, 0.29) is 11.2 Å². The molecule has 0 saturated carbocycles. The van der Waals surface area contributed by atoms with Crippen molar-refractivity contribution in [2.45, 2.75) is 13.0 Å². The third-order valence-corrected chi connectivity index (χ3v) is 2.47. The first-order valence-corrected chi connectivity index (χ1v) is 5.38. The van der Waals surface area contributed by atoms with Crippen LogP contribution >= 0.6 is 27.5 Å². The van der Waals surface area contributed by atoms with Crippen LogP contribution in [-0.4, -0.2) is 29.0 Å². The number of rotatable bonds is 3. The SMILES string of the molecule is CNC(=O)C(C)Nc1nc(Cl)ncc1Br. The summed E-state index contributed by atoms with van der Waals surface area (Å²) in [5.41, 5.74) is 0. The van der Waals surface area contributed by atoms with Gasteiger partial charge in [-0.25, -0.2) is 4.98 Å². The number of nitrogens with zero attached hydrogens (tertiary/aromatic N) is 2. The molecule has 1 atom stereocenters. The number of carbonyl (C=O) groups excluding carboxylic acids is 1. The molecule has 1 heterocycles. The van der Waals surface area contributed by atoms with Crippen LogP contribution in [-0.2, 0) is 4.79 Å². The van der Waals surface area contributed by atoms with E-state index in [1.807, 2.05) is 0 Å². The maximum atomic E-state index is 11.2. The first-order chi connectivity index (χ1) is 7.04. The minimum Gasteiger partial charge on any atom is -0.358 e. The van der Waals surface area contributed by atoms with E-state index in [1.165, 1.54) is 6.20 Å². The van der Waals surface area contributed by atoms with E-state index >= 15 is 0 Å². The number of hydrogen-bond acceptors (Lipinski definition) is 4. The molecule has 0 saturated heterocycles. The van der Waals surface area contributed by atoms with Crippen molar-refractivity contribution in [1.82, 2.24) is 15.3 Å². The average molecular weight is 294 g/mol. The van der Waals surface area contributed by atoms with Gasteiger partial charge in [-0.05, 0) is 34.5 Å². The highest BCUT2D eigenvalue weighted by Crippen LogP contribution is 2.20. The van der Waals surface area contributed by atoms with Gasteiger partial charge in [-0.1, -0.05) is 0 Å². The molecule has 1 amide bonds. The van der Waals surface area contributed by atoms with E-state index in [0.29, 0.717) is 10.3 Å². The fourth-order valence-electron chi connectivity index (χ4n) is 0.934. The molecule has 0 aliphatic rings. The summed E-state index contributed by atoms with van der Waals surface area (Å²) >= 11 is 8.88. The number of nitrogens with one attached hydrogen (secondary N) is 2. The Balaban J connectivity index is 2.80. The molecule has 0 aliphatic carbocycles. The molecule has 0 radical (unpaired) electrons. The lowest BCUT2D eigenvalue weighted by atomic mass is 10.3. The summed E-state index contributed by atoms with van der Waals surface area (Å²) < 4.78 is 0.655. The largest absolute Gasteiger partial charge is 0.358 e. The van der Waals surface area contributed by atoms with Crippen LogP contribution in [0, 0.1) is 0 Å². The van der Waals surface area contributed by atoms with Crippen LogP contribution in [0.3, 0.4) is 0 Å². The van der Waals surface area contributed by atoms with E-state index in [0.717, 1.165) is 0 Å². The average Bonchev–Trinajstić information content (AvgIpc) is 2.22. The van der Waals surface area contributed by atoms with Gasteiger partial charge in [-0.3, -0.25) is 4.79 Å². The molecule has 2 N–H and O–H groups in total. The van der Waals surface area contributed by atoms with Crippen molar-refractivity contribution >= 4 is 39.3 Å². The van der Waals surface area contributed by atoms with Crippen LogP contribution in [0.25, 0.3) is 0 Å². The van der Waals surface area contributed by atoms with Crippen LogP contribution in [0.2, 0.25) is 5.28 Å². The molecule has 1 unspecified atom stereocenters. The highest BCUT2D eigenvalue weighted by molar-refractivity contribution is 9.10. The summed E-state index contributed by atoms with van der Waals surface area (Å²) in [5.74, 6) is 0.364. The van der Waals surface area contributed by atoms with Gasteiger partial charge in [-0.15, -0.1) is 0 Å². The maximum Gasteiger partial charge on any atom is 0.241 e. The first kappa shape index (κ1) is 12.2. The molecule has 0 spiro atoms. The summed E-state index contributed by atoms with van der Waals surface area (Å²) in [5, 5.41) is 5.56. The molecule has 0 aliphatic heterocycles. The summed E-state index contributed by atoms with van der Waals surface area (Å²) in [6, 6.07) is -0.391. The lowest BCUT2D eigenvalue weighted by molar-refractivity contribution is -0.121. The molecule has 0 aromatic carbocycles. The molecule has 0 bridgehead atoms. The molecule has 7 heteroatoms. The molecule has 0 fully saturated rings. The topological polar surface area (TPSA) is 66.9 Å². The van der Waals surface area contributed by atoms with E-state index in [1.54, 1.807) is 14.0 Å². The number of aromatic nitrogens is 2. The molecule has 15 heavy (non-hydrogen) atoms. The summed E-state index contributed by atoms with van der Waals surface area (Å²) in [7, 11) is 1.57. The quantitative estimate of drug-likeness (QED) is 0.828. The second-order valence-electron chi connectivity index (χ2n) is 2.82. The van der Waals surface area contributed by atoms with E-state index < -0.39 is 6.04 Å². The van der Waals surface area contributed by atoms with E-state index in [9.17, 15) is 4.79 Å². The van der Waals surface area contributed by atoms with Crippen LogP contribution in [0.4, 0.5) is 5.82 Å². The normalized spacial score (nSPS) is 12.0. The molecule has 82 valence electrons. The van der Waals surface area contributed by atoms with Crippen molar-refractivity contribution in [3.8, 4) is 0 Å². The highest BCUT2D eigenvalue weighted by atomic mass is 79.9. The second kappa shape index (κ2) is 5.27. The van der Waals surface area contributed by atoms with Gasteiger partial charge in [0.15, 0.2) is 0 Å². The number of carbonyl (C=O) groups is 1. The Morgan fingerprint density at radius 1 is 1.67 bits per heavy atom. The summed E-state index contributed by atoms with van der Waals surface area (Å²) in [4.78, 5) is 19.0. The minimum absolute atomic E-state index is 0.128. The van der Waals surface area contributed by atoms with Crippen molar-refractivity contribution in [2.75, 3.05) is 12.4 Å². The number of amides is 1. The lowest BCUT2D eigenvalue weighted by Gasteiger charge is -2.13. The van der Waals surface area contributed by atoms with Gasteiger partial charge in [0, 0.05) is 13.2 Å². The van der Waals surface area contributed by atoms with Gasteiger partial charge in [-0.2, -0.15) is 4.98 Å². The fourth-order valence-corrected chi connectivity index (χ4v) is 1.37. The third-order valence-electron chi connectivity index (χ3n) is 1.71. The number of halogens is 2. The van der Waals surface area contributed by atoms with E-state index in [4.69, 9.17) is 11.6 Å². The van der Waals surface area contributed by atoms with Crippen molar-refractivity contribution in [2.24, 2.45) is 0 Å². The fraction of sp³-hybridized carbons (Fsp3) is 0.375. The molecule has 5 nitrogen and oxygen atoms in total. The lowest BCUT2D eigenvalue weighted by Crippen LogP contribution is -2.35. The monoisotopic (exact) mass is 292 g/mol. The van der Waals surface area contributed by atoms with Gasteiger partial charge in [0.1, 0.15) is 11.9 Å². The highest BCUT2D eigenvalue weighted by Gasteiger charge is 2.13. The van der Waals surface area contributed by atoms with E-state index in [2.05, 4.69) is 36.5 Å². The number of hydrogen-bond donors (Lipinski definition) is 2. The molecule has 1 aromatic rings. The molecular formula is C8H10BrClN4O. The second-order valence-corrected chi connectivity index (χ2v) is 4.01.